The molecule has 128 valence electrons. The first-order valence-electron chi connectivity index (χ1n) is 8.62. The molecule has 4 fully saturated rings. The van der Waals surface area contributed by atoms with E-state index in [0.717, 1.165) is 37.0 Å². The Morgan fingerprint density at radius 2 is 1.58 bits per heavy atom. The van der Waals surface area contributed by atoms with Crippen LogP contribution < -0.4 is 14.8 Å². The maximum atomic E-state index is 13.1. The van der Waals surface area contributed by atoms with E-state index in [2.05, 4.69) is 14.8 Å². The Hall–Kier alpha value is -1.85. The number of hydrogen-bond donors (Lipinski definition) is 1. The van der Waals surface area contributed by atoms with Crippen LogP contribution >= 0.6 is 0 Å². The second kappa shape index (κ2) is 4.61. The highest BCUT2D eigenvalue weighted by Crippen LogP contribution is 2.55. The monoisotopic (exact) mass is 335 g/mol. The molecular weight excluding hydrogens is 316 g/mol. The van der Waals surface area contributed by atoms with Gasteiger partial charge in [-0.25, -0.2) is 0 Å². The molecule has 0 spiro atoms. The number of ether oxygens (including phenoxy) is 2. The quantitative estimate of drug-likeness (QED) is 0.896. The Bertz CT molecular complexity index is 683. The van der Waals surface area contributed by atoms with Crippen LogP contribution in [0.15, 0.2) is 18.2 Å². The molecule has 1 amide bonds. The summed E-state index contributed by atoms with van der Waals surface area (Å²) in [4.78, 5) is 12.7. The highest BCUT2D eigenvalue weighted by molar-refractivity contribution is 5.95. The van der Waals surface area contributed by atoms with Crippen LogP contribution in [-0.2, 0) is 0 Å². The van der Waals surface area contributed by atoms with Gasteiger partial charge in [0.15, 0.2) is 11.5 Å². The Labute approximate surface area is 138 Å². The zero-order valence-corrected chi connectivity index (χ0v) is 13.2. The topological polar surface area (TPSA) is 47.6 Å². The fourth-order valence-corrected chi connectivity index (χ4v) is 5.67. The largest absolute Gasteiger partial charge is 0.586 e. The number of benzene rings is 1. The molecule has 0 saturated heterocycles. The van der Waals surface area contributed by atoms with Gasteiger partial charge in [0, 0.05) is 11.1 Å². The average Bonchev–Trinajstić information content (AvgIpc) is 2.77. The molecule has 4 saturated carbocycles. The third-order valence-corrected chi connectivity index (χ3v) is 6.08. The smallest absolute Gasteiger partial charge is 0.395 e. The van der Waals surface area contributed by atoms with Crippen LogP contribution in [0.2, 0.25) is 0 Å². The van der Waals surface area contributed by atoms with E-state index in [1.807, 2.05) is 0 Å². The van der Waals surface area contributed by atoms with Crippen LogP contribution in [0.4, 0.5) is 8.78 Å². The SMILES string of the molecule is O=C(NC12CC3CC(CC(C3)C1)C2)c1ccc2c(c1)OC(F)(F)O2. The van der Waals surface area contributed by atoms with E-state index < -0.39 is 6.29 Å². The van der Waals surface area contributed by atoms with Gasteiger partial charge in [-0.2, -0.15) is 0 Å². The Morgan fingerprint density at radius 1 is 1.00 bits per heavy atom. The molecule has 4 aliphatic carbocycles. The third kappa shape index (κ3) is 2.26. The molecule has 4 nitrogen and oxygen atoms in total. The first kappa shape index (κ1) is 14.5. The van der Waals surface area contributed by atoms with Gasteiger partial charge in [-0.05, 0) is 74.5 Å². The van der Waals surface area contributed by atoms with Crippen molar-refractivity contribution in [3.8, 4) is 11.5 Å². The van der Waals surface area contributed by atoms with Crippen molar-refractivity contribution < 1.29 is 23.0 Å². The minimum atomic E-state index is -3.66. The Morgan fingerprint density at radius 3 is 2.21 bits per heavy atom. The van der Waals surface area contributed by atoms with Crippen molar-refractivity contribution in [2.24, 2.45) is 17.8 Å². The summed E-state index contributed by atoms with van der Waals surface area (Å²) in [7, 11) is 0. The molecule has 5 aliphatic rings. The number of alkyl halides is 2. The number of rotatable bonds is 2. The average molecular weight is 335 g/mol. The van der Waals surface area contributed by atoms with Crippen molar-refractivity contribution in [1.82, 2.24) is 5.32 Å². The van der Waals surface area contributed by atoms with Crippen molar-refractivity contribution >= 4 is 5.91 Å². The number of hydrogen-bond acceptors (Lipinski definition) is 3. The summed E-state index contributed by atoms with van der Waals surface area (Å²) in [5, 5.41) is 3.23. The van der Waals surface area contributed by atoms with Crippen LogP contribution in [0.5, 0.6) is 11.5 Å². The molecule has 0 radical (unpaired) electrons. The zero-order valence-electron chi connectivity index (χ0n) is 13.2. The minimum Gasteiger partial charge on any atom is -0.395 e. The molecule has 6 rings (SSSR count). The van der Waals surface area contributed by atoms with E-state index in [-0.39, 0.29) is 22.9 Å². The van der Waals surface area contributed by atoms with E-state index in [4.69, 9.17) is 0 Å². The molecule has 1 N–H and O–H groups in total. The van der Waals surface area contributed by atoms with E-state index >= 15 is 0 Å². The van der Waals surface area contributed by atoms with Crippen molar-refractivity contribution in [2.45, 2.75) is 50.4 Å². The molecule has 0 atom stereocenters. The van der Waals surface area contributed by atoms with Gasteiger partial charge in [-0.3, -0.25) is 4.79 Å². The van der Waals surface area contributed by atoms with E-state index in [9.17, 15) is 13.6 Å². The van der Waals surface area contributed by atoms with Gasteiger partial charge in [-0.15, -0.1) is 8.78 Å². The summed E-state index contributed by atoms with van der Waals surface area (Å²) in [5.74, 6) is 1.86. The minimum absolute atomic E-state index is 0.0358. The van der Waals surface area contributed by atoms with Crippen LogP contribution in [0.25, 0.3) is 0 Å². The van der Waals surface area contributed by atoms with Gasteiger partial charge in [-0.1, -0.05) is 0 Å². The lowest BCUT2D eigenvalue weighted by molar-refractivity contribution is -0.286. The maximum absolute atomic E-state index is 13.1. The maximum Gasteiger partial charge on any atom is 0.586 e. The number of fused-ring (bicyclic) bond motifs is 1. The predicted octanol–water partition coefficient (Wildman–Crippen LogP) is 3.71. The molecule has 4 bridgehead atoms. The molecule has 1 aliphatic heterocycles. The number of carbonyl (C=O) groups excluding carboxylic acids is 1. The fraction of sp³-hybridized carbons (Fsp3) is 0.611. The molecular formula is C18H19F2NO3. The van der Waals surface area contributed by atoms with Crippen LogP contribution in [0.3, 0.4) is 0 Å². The fourth-order valence-electron chi connectivity index (χ4n) is 5.67. The summed E-state index contributed by atoms with van der Waals surface area (Å²) >= 11 is 0. The first-order valence-corrected chi connectivity index (χ1v) is 8.62. The van der Waals surface area contributed by atoms with E-state index in [1.165, 1.54) is 37.5 Å². The van der Waals surface area contributed by atoms with Crippen LogP contribution in [-0.4, -0.2) is 17.7 Å². The first-order chi connectivity index (χ1) is 11.4. The molecule has 1 aromatic carbocycles. The van der Waals surface area contributed by atoms with Crippen molar-refractivity contribution in [2.75, 3.05) is 0 Å². The highest BCUT2D eigenvalue weighted by atomic mass is 19.3. The van der Waals surface area contributed by atoms with Gasteiger partial charge < -0.3 is 14.8 Å². The van der Waals surface area contributed by atoms with Gasteiger partial charge in [0.05, 0.1) is 0 Å². The molecule has 1 heterocycles. The highest BCUT2D eigenvalue weighted by Gasteiger charge is 2.51. The normalized spacial score (nSPS) is 37.5. The lowest BCUT2D eigenvalue weighted by Crippen LogP contribution is -2.59. The summed E-state index contributed by atoms with van der Waals surface area (Å²) in [5.41, 5.74) is 0.234. The standard InChI is InChI=1S/C18H19F2NO3/c19-18(20)23-14-2-1-13(6-15(14)24-18)16(22)21-17-7-10-3-11(8-17)5-12(4-10)9-17/h1-2,6,10-12H,3-5,7-9H2,(H,21,22). The van der Waals surface area contributed by atoms with Crippen molar-refractivity contribution in [3.63, 3.8) is 0 Å². The van der Waals surface area contributed by atoms with E-state index in [0.29, 0.717) is 5.56 Å². The predicted molar refractivity (Wildman–Crippen MR) is 81.0 cm³/mol. The van der Waals surface area contributed by atoms with Crippen molar-refractivity contribution in [3.05, 3.63) is 23.8 Å². The number of nitrogens with one attached hydrogen (secondary N) is 1. The summed E-state index contributed by atoms with van der Waals surface area (Å²) in [6.07, 6.45) is 3.39. The van der Waals surface area contributed by atoms with Gasteiger partial charge >= 0.3 is 6.29 Å². The second-order valence-electron chi connectivity index (χ2n) is 7.98. The lowest BCUT2D eigenvalue weighted by atomic mass is 9.53. The van der Waals surface area contributed by atoms with Gasteiger partial charge in [0.1, 0.15) is 0 Å². The number of halogens is 2. The summed E-state index contributed by atoms with van der Waals surface area (Å²) < 4.78 is 35.0. The molecule has 24 heavy (non-hydrogen) atoms. The third-order valence-electron chi connectivity index (χ3n) is 6.08. The Balaban J connectivity index is 1.37. The lowest BCUT2D eigenvalue weighted by Gasteiger charge is -2.56. The van der Waals surface area contributed by atoms with Crippen LogP contribution in [0.1, 0.15) is 48.9 Å². The molecule has 0 unspecified atom stereocenters. The van der Waals surface area contributed by atoms with Gasteiger partial charge in [0.25, 0.3) is 5.91 Å². The van der Waals surface area contributed by atoms with E-state index in [1.54, 1.807) is 0 Å². The Kier molecular flexibility index (Phi) is 2.78. The molecule has 0 aromatic heterocycles. The molecule has 1 aromatic rings. The number of carbonyl (C=O) groups is 1. The zero-order chi connectivity index (χ0) is 16.5. The van der Waals surface area contributed by atoms with Gasteiger partial charge in [0.2, 0.25) is 0 Å². The molecule has 6 heteroatoms. The second-order valence-corrected chi connectivity index (χ2v) is 7.98. The van der Waals surface area contributed by atoms with Crippen molar-refractivity contribution in [1.29, 1.82) is 0 Å². The van der Waals surface area contributed by atoms with Crippen LogP contribution in [0, 0.1) is 17.8 Å². The summed E-state index contributed by atoms with van der Waals surface area (Å²) in [6.45, 7) is 0. The summed E-state index contributed by atoms with van der Waals surface area (Å²) in [6, 6.07) is 4.22. The number of amides is 1.